The van der Waals surface area contributed by atoms with Gasteiger partial charge < -0.3 is 0 Å². The predicted molar refractivity (Wildman–Crippen MR) is 108 cm³/mol. The number of hydrogen-bond acceptors (Lipinski definition) is 0. The summed E-state index contributed by atoms with van der Waals surface area (Å²) in [7, 11) is 0. The Morgan fingerprint density at radius 1 is 0.458 bits per heavy atom. The van der Waals surface area contributed by atoms with Crippen LogP contribution >= 0.6 is 0 Å². The van der Waals surface area contributed by atoms with Crippen molar-refractivity contribution in [3.05, 3.63) is 0 Å². The highest BCUT2D eigenvalue weighted by atomic mass is 14.4. The molecule has 2 fully saturated rings. The normalized spacial score (nSPS) is 31.2. The lowest BCUT2D eigenvalue weighted by atomic mass is 9.68. The zero-order valence-electron chi connectivity index (χ0n) is 17.0. The standard InChI is InChI=1S/C24H46/c1-3-5-7-8-9-10-12-22-15-19-24(20-16-22)23-17-13-21(14-18-23)11-6-4-2/h21-24H,3-20H2,1-2H3/t21-,22?,23-,24?. The van der Waals surface area contributed by atoms with Gasteiger partial charge in [0.15, 0.2) is 0 Å². The van der Waals surface area contributed by atoms with Crippen LogP contribution in [0.2, 0.25) is 0 Å². The van der Waals surface area contributed by atoms with Crippen molar-refractivity contribution >= 4 is 0 Å². The smallest absolute Gasteiger partial charge is 0.0386 e. The molecule has 0 heterocycles. The number of rotatable bonds is 11. The molecule has 24 heavy (non-hydrogen) atoms. The van der Waals surface area contributed by atoms with Gasteiger partial charge in [-0.3, -0.25) is 0 Å². The van der Waals surface area contributed by atoms with Gasteiger partial charge in [0.05, 0.1) is 0 Å². The second-order valence-corrected chi connectivity index (χ2v) is 9.26. The highest BCUT2D eigenvalue weighted by Gasteiger charge is 2.30. The van der Waals surface area contributed by atoms with E-state index in [0.717, 1.165) is 23.7 Å². The Bertz CT molecular complexity index is 278. The molecule has 2 rings (SSSR count). The molecule has 0 bridgehead atoms. The Balaban J connectivity index is 1.52. The van der Waals surface area contributed by atoms with Gasteiger partial charge in [-0.2, -0.15) is 0 Å². The number of hydrogen-bond donors (Lipinski definition) is 0. The van der Waals surface area contributed by atoms with Gasteiger partial charge in [0.2, 0.25) is 0 Å². The molecular formula is C24H46. The molecule has 0 aliphatic heterocycles. The fraction of sp³-hybridized carbons (Fsp3) is 1.00. The molecule has 0 aromatic rings. The Kier molecular flexibility index (Phi) is 10.5. The second kappa shape index (κ2) is 12.4. The van der Waals surface area contributed by atoms with E-state index in [4.69, 9.17) is 0 Å². The van der Waals surface area contributed by atoms with E-state index in [9.17, 15) is 0 Å². The van der Waals surface area contributed by atoms with Crippen molar-refractivity contribution in [3.8, 4) is 0 Å². The summed E-state index contributed by atoms with van der Waals surface area (Å²) in [6.07, 6.45) is 27.3. The summed E-state index contributed by atoms with van der Waals surface area (Å²) in [6.45, 7) is 4.66. The molecule has 0 N–H and O–H groups in total. The van der Waals surface area contributed by atoms with Crippen molar-refractivity contribution in [1.29, 1.82) is 0 Å². The third kappa shape index (κ3) is 7.49. The van der Waals surface area contributed by atoms with Gasteiger partial charge in [-0.05, 0) is 49.4 Å². The van der Waals surface area contributed by atoms with E-state index in [1.54, 1.807) is 57.8 Å². The first kappa shape index (κ1) is 20.3. The first-order chi connectivity index (χ1) is 11.8. The summed E-state index contributed by atoms with van der Waals surface area (Å²) in [5.74, 6) is 4.40. The van der Waals surface area contributed by atoms with Crippen molar-refractivity contribution in [2.75, 3.05) is 0 Å². The van der Waals surface area contributed by atoms with Crippen LogP contribution in [0.5, 0.6) is 0 Å². The minimum Gasteiger partial charge on any atom is -0.0654 e. The van der Waals surface area contributed by atoms with Crippen LogP contribution in [0.3, 0.4) is 0 Å². The molecule has 2 aliphatic carbocycles. The molecule has 2 aliphatic rings. The van der Waals surface area contributed by atoms with E-state index < -0.39 is 0 Å². The van der Waals surface area contributed by atoms with Crippen LogP contribution in [0.1, 0.15) is 129 Å². The molecule has 0 saturated heterocycles. The van der Waals surface area contributed by atoms with Crippen molar-refractivity contribution in [1.82, 2.24) is 0 Å². The molecule has 142 valence electrons. The lowest BCUT2D eigenvalue weighted by molar-refractivity contribution is 0.139. The van der Waals surface area contributed by atoms with Gasteiger partial charge in [0, 0.05) is 0 Å². The Hall–Kier alpha value is 0. The Morgan fingerprint density at radius 2 is 0.875 bits per heavy atom. The lowest BCUT2D eigenvalue weighted by Crippen LogP contribution is -2.25. The topological polar surface area (TPSA) is 0 Å². The van der Waals surface area contributed by atoms with E-state index >= 15 is 0 Å². The first-order valence-corrected chi connectivity index (χ1v) is 11.8. The predicted octanol–water partition coefficient (Wildman–Crippen LogP) is 8.54. The molecule has 0 aromatic heterocycles. The maximum atomic E-state index is 2.34. The van der Waals surface area contributed by atoms with Gasteiger partial charge in [0.25, 0.3) is 0 Å². The molecule has 2 saturated carbocycles. The van der Waals surface area contributed by atoms with E-state index in [1.807, 2.05) is 0 Å². The second-order valence-electron chi connectivity index (χ2n) is 9.26. The van der Waals surface area contributed by atoms with Gasteiger partial charge in [-0.15, -0.1) is 0 Å². The van der Waals surface area contributed by atoms with Crippen LogP contribution in [0, 0.1) is 23.7 Å². The first-order valence-electron chi connectivity index (χ1n) is 11.8. The third-order valence-corrected chi connectivity index (χ3v) is 7.38. The molecule has 0 nitrogen and oxygen atoms in total. The zero-order chi connectivity index (χ0) is 17.0. The maximum Gasteiger partial charge on any atom is -0.0386 e. The molecular weight excluding hydrogens is 288 g/mol. The van der Waals surface area contributed by atoms with E-state index in [2.05, 4.69) is 13.8 Å². The van der Waals surface area contributed by atoms with Crippen molar-refractivity contribution < 1.29 is 0 Å². The molecule has 0 amide bonds. The lowest BCUT2D eigenvalue weighted by Gasteiger charge is -2.38. The van der Waals surface area contributed by atoms with E-state index in [-0.39, 0.29) is 0 Å². The van der Waals surface area contributed by atoms with Crippen molar-refractivity contribution in [2.24, 2.45) is 23.7 Å². The monoisotopic (exact) mass is 334 g/mol. The summed E-state index contributed by atoms with van der Waals surface area (Å²) in [4.78, 5) is 0. The molecule has 0 heteroatoms. The number of unbranched alkanes of at least 4 members (excludes halogenated alkanes) is 6. The maximum absolute atomic E-state index is 2.34. The highest BCUT2D eigenvalue weighted by Crippen LogP contribution is 2.43. The minimum atomic E-state index is 1.09. The van der Waals surface area contributed by atoms with Crippen LogP contribution < -0.4 is 0 Å². The van der Waals surface area contributed by atoms with E-state index in [0.29, 0.717) is 0 Å². The molecule has 0 radical (unpaired) electrons. The van der Waals surface area contributed by atoms with Crippen LogP contribution in [0.4, 0.5) is 0 Å². The van der Waals surface area contributed by atoms with E-state index in [1.165, 1.54) is 57.8 Å². The molecule has 0 spiro atoms. The summed E-state index contributed by atoms with van der Waals surface area (Å²) < 4.78 is 0. The Morgan fingerprint density at radius 3 is 1.38 bits per heavy atom. The van der Waals surface area contributed by atoms with Gasteiger partial charge >= 0.3 is 0 Å². The summed E-state index contributed by atoms with van der Waals surface area (Å²) in [6, 6.07) is 0. The average molecular weight is 335 g/mol. The van der Waals surface area contributed by atoms with Crippen LogP contribution in [0.25, 0.3) is 0 Å². The quantitative estimate of drug-likeness (QED) is 0.332. The summed E-state index contributed by atoms with van der Waals surface area (Å²) in [5.41, 5.74) is 0. The average Bonchev–Trinajstić information content (AvgIpc) is 2.64. The van der Waals surface area contributed by atoms with Crippen LogP contribution in [-0.2, 0) is 0 Å². The summed E-state index contributed by atoms with van der Waals surface area (Å²) >= 11 is 0. The molecule has 0 unspecified atom stereocenters. The minimum absolute atomic E-state index is 1.09. The zero-order valence-corrected chi connectivity index (χ0v) is 17.0. The highest BCUT2D eigenvalue weighted by molar-refractivity contribution is 4.82. The Labute approximate surface area is 153 Å². The third-order valence-electron chi connectivity index (χ3n) is 7.38. The van der Waals surface area contributed by atoms with Gasteiger partial charge in [0.1, 0.15) is 0 Å². The fourth-order valence-corrected chi connectivity index (χ4v) is 5.60. The van der Waals surface area contributed by atoms with Crippen LogP contribution in [0.15, 0.2) is 0 Å². The van der Waals surface area contributed by atoms with Crippen molar-refractivity contribution in [2.45, 2.75) is 129 Å². The summed E-state index contributed by atoms with van der Waals surface area (Å²) in [5, 5.41) is 0. The fourth-order valence-electron chi connectivity index (χ4n) is 5.60. The molecule has 0 atom stereocenters. The van der Waals surface area contributed by atoms with Gasteiger partial charge in [-0.25, -0.2) is 0 Å². The van der Waals surface area contributed by atoms with Crippen molar-refractivity contribution in [3.63, 3.8) is 0 Å². The van der Waals surface area contributed by atoms with Gasteiger partial charge in [-0.1, -0.05) is 104 Å². The largest absolute Gasteiger partial charge is 0.0654 e. The molecule has 0 aromatic carbocycles. The van der Waals surface area contributed by atoms with Crippen LogP contribution in [-0.4, -0.2) is 0 Å². The SMILES string of the molecule is CCCCCCCCC1CCC([C@H]2CC[C@H](CCCC)CC2)CC1.